The van der Waals surface area contributed by atoms with Crippen molar-refractivity contribution in [1.29, 1.82) is 0 Å². The molecule has 7 nitrogen and oxygen atoms in total. The first-order valence-electron chi connectivity index (χ1n) is 9.85. The molecule has 0 unspecified atom stereocenters. The highest BCUT2D eigenvalue weighted by atomic mass is 32.2. The maximum Gasteiger partial charge on any atom is 0.342 e. The van der Waals surface area contributed by atoms with E-state index in [1.54, 1.807) is 19.1 Å². The molecule has 1 aliphatic rings. The summed E-state index contributed by atoms with van der Waals surface area (Å²) in [6.45, 7) is 1.45. The summed E-state index contributed by atoms with van der Waals surface area (Å²) < 4.78 is 30.9. The standard InChI is InChI=1S/C23H21NO6S/c1-2-31(28,29)24-10-9-17-11-18(7-8-20(17)24)22(26)14-30-23(27)19-12-15-5-3-4-6-16(15)13-21(19)25/h3-8,11-13,25H,2,9-10,14H2,1H3. The molecule has 0 atom stereocenters. The van der Waals surface area contributed by atoms with Gasteiger partial charge in [0.05, 0.1) is 11.4 Å². The number of Topliss-reactive ketones (excluding diaryl/α,β-unsaturated/α-hetero) is 1. The number of hydrogen-bond acceptors (Lipinski definition) is 6. The first-order chi connectivity index (χ1) is 14.8. The molecule has 4 rings (SSSR count). The molecule has 1 N–H and O–H groups in total. The number of phenols is 1. The topological polar surface area (TPSA) is 101 Å². The zero-order valence-electron chi connectivity index (χ0n) is 16.9. The van der Waals surface area contributed by atoms with Crippen molar-refractivity contribution >= 4 is 38.2 Å². The van der Waals surface area contributed by atoms with Gasteiger partial charge in [-0.05, 0) is 60.0 Å². The van der Waals surface area contributed by atoms with E-state index in [4.69, 9.17) is 4.74 Å². The number of fused-ring (bicyclic) bond motifs is 2. The van der Waals surface area contributed by atoms with Gasteiger partial charge in [0.2, 0.25) is 10.0 Å². The molecule has 3 aromatic rings. The maximum atomic E-state index is 12.5. The Morgan fingerprint density at radius 1 is 1.06 bits per heavy atom. The van der Waals surface area contributed by atoms with Gasteiger partial charge >= 0.3 is 5.97 Å². The van der Waals surface area contributed by atoms with E-state index in [1.807, 2.05) is 24.3 Å². The van der Waals surface area contributed by atoms with Crippen molar-refractivity contribution in [2.75, 3.05) is 23.2 Å². The minimum atomic E-state index is -3.36. The lowest BCUT2D eigenvalue weighted by Crippen LogP contribution is -2.30. The van der Waals surface area contributed by atoms with Crippen LogP contribution in [0.1, 0.15) is 33.2 Å². The van der Waals surface area contributed by atoms with E-state index in [-0.39, 0.29) is 17.1 Å². The first-order valence-corrected chi connectivity index (χ1v) is 11.5. The number of phenolic OH excluding ortho intramolecular Hbond substituents is 1. The second-order valence-corrected chi connectivity index (χ2v) is 9.46. The van der Waals surface area contributed by atoms with Crippen molar-refractivity contribution in [3.63, 3.8) is 0 Å². The molecule has 0 amide bonds. The Bertz CT molecular complexity index is 1300. The summed E-state index contributed by atoms with van der Waals surface area (Å²) in [6, 6.07) is 15.1. The van der Waals surface area contributed by atoms with Crippen molar-refractivity contribution in [2.24, 2.45) is 0 Å². The number of esters is 1. The molecule has 0 spiro atoms. The molecule has 31 heavy (non-hydrogen) atoms. The van der Waals surface area contributed by atoms with E-state index in [1.165, 1.54) is 22.5 Å². The van der Waals surface area contributed by atoms with Crippen LogP contribution in [0.2, 0.25) is 0 Å². The van der Waals surface area contributed by atoms with Gasteiger partial charge < -0.3 is 9.84 Å². The second-order valence-electron chi connectivity index (χ2n) is 7.28. The molecule has 0 bridgehead atoms. The van der Waals surface area contributed by atoms with Crippen molar-refractivity contribution in [3.8, 4) is 5.75 Å². The number of ketones is 1. The van der Waals surface area contributed by atoms with E-state index in [0.29, 0.717) is 24.2 Å². The van der Waals surface area contributed by atoms with E-state index < -0.39 is 28.4 Å². The van der Waals surface area contributed by atoms with Gasteiger partial charge in [-0.25, -0.2) is 13.2 Å². The number of carbonyl (C=O) groups excluding carboxylic acids is 2. The third-order valence-electron chi connectivity index (χ3n) is 5.37. The van der Waals surface area contributed by atoms with Gasteiger partial charge in [0, 0.05) is 12.1 Å². The van der Waals surface area contributed by atoms with Crippen LogP contribution in [0.15, 0.2) is 54.6 Å². The average Bonchev–Trinajstić information content (AvgIpc) is 3.21. The Balaban J connectivity index is 1.47. The fraction of sp³-hybridized carbons (Fsp3) is 0.217. The molecule has 0 aromatic heterocycles. The highest BCUT2D eigenvalue weighted by molar-refractivity contribution is 7.92. The lowest BCUT2D eigenvalue weighted by molar-refractivity contribution is 0.0472. The van der Waals surface area contributed by atoms with E-state index in [0.717, 1.165) is 16.3 Å². The van der Waals surface area contributed by atoms with Crippen LogP contribution in [0.3, 0.4) is 0 Å². The summed E-state index contributed by atoms with van der Waals surface area (Å²) in [7, 11) is -3.36. The smallest absolute Gasteiger partial charge is 0.342 e. The number of rotatable bonds is 6. The number of sulfonamides is 1. The summed E-state index contributed by atoms with van der Waals surface area (Å²) in [5.74, 6) is -1.41. The highest BCUT2D eigenvalue weighted by Gasteiger charge is 2.28. The highest BCUT2D eigenvalue weighted by Crippen LogP contribution is 2.31. The predicted octanol–water partition coefficient (Wildman–Crippen LogP) is 3.30. The molecule has 3 aromatic carbocycles. The lowest BCUT2D eigenvalue weighted by atomic mass is 10.1. The third-order valence-corrected chi connectivity index (χ3v) is 7.15. The Kier molecular flexibility index (Phi) is 5.41. The quantitative estimate of drug-likeness (QED) is 0.467. The van der Waals surface area contributed by atoms with Crippen molar-refractivity contribution < 1.29 is 27.9 Å². The average molecular weight is 439 g/mol. The number of anilines is 1. The molecule has 160 valence electrons. The van der Waals surface area contributed by atoms with Crippen LogP contribution in [0, 0.1) is 0 Å². The Morgan fingerprint density at radius 3 is 2.48 bits per heavy atom. The zero-order chi connectivity index (χ0) is 22.2. The molecule has 0 aliphatic carbocycles. The van der Waals surface area contributed by atoms with Gasteiger partial charge in [-0.15, -0.1) is 0 Å². The van der Waals surface area contributed by atoms with E-state index in [9.17, 15) is 23.1 Å². The van der Waals surface area contributed by atoms with Gasteiger partial charge in [0.15, 0.2) is 12.4 Å². The minimum Gasteiger partial charge on any atom is -0.507 e. The molecule has 0 saturated heterocycles. The Morgan fingerprint density at radius 2 is 1.77 bits per heavy atom. The summed E-state index contributed by atoms with van der Waals surface area (Å²) in [5.41, 5.74) is 1.67. The van der Waals surface area contributed by atoms with Crippen LogP contribution in [-0.2, 0) is 21.2 Å². The largest absolute Gasteiger partial charge is 0.507 e. The maximum absolute atomic E-state index is 12.5. The summed E-state index contributed by atoms with van der Waals surface area (Å²) in [6.07, 6.45) is 0.514. The molecule has 1 aliphatic heterocycles. The number of benzene rings is 3. The number of ether oxygens (including phenoxy) is 1. The second kappa shape index (κ2) is 8.03. The van der Waals surface area contributed by atoms with Crippen LogP contribution in [0.25, 0.3) is 10.8 Å². The van der Waals surface area contributed by atoms with E-state index >= 15 is 0 Å². The number of nitrogens with zero attached hydrogens (tertiary/aromatic N) is 1. The summed E-state index contributed by atoms with van der Waals surface area (Å²) in [4.78, 5) is 25.0. The van der Waals surface area contributed by atoms with Gasteiger partial charge in [-0.2, -0.15) is 0 Å². The number of carbonyl (C=O) groups is 2. The first kappa shape index (κ1) is 20.9. The monoisotopic (exact) mass is 439 g/mol. The van der Waals surface area contributed by atoms with Crippen molar-refractivity contribution in [1.82, 2.24) is 0 Å². The molecule has 0 radical (unpaired) electrons. The fourth-order valence-electron chi connectivity index (χ4n) is 3.67. The minimum absolute atomic E-state index is 0.00465. The normalized spacial score (nSPS) is 13.3. The molecule has 1 heterocycles. The Labute approximate surface area is 179 Å². The van der Waals surface area contributed by atoms with Crippen LogP contribution < -0.4 is 4.31 Å². The van der Waals surface area contributed by atoms with Gasteiger partial charge in [0.1, 0.15) is 11.3 Å². The van der Waals surface area contributed by atoms with Crippen LogP contribution in [0.4, 0.5) is 5.69 Å². The van der Waals surface area contributed by atoms with Gasteiger partial charge in [-0.3, -0.25) is 9.10 Å². The number of hydrogen-bond donors (Lipinski definition) is 1. The van der Waals surface area contributed by atoms with Gasteiger partial charge in [0.25, 0.3) is 0 Å². The summed E-state index contributed by atoms with van der Waals surface area (Å²) in [5, 5.41) is 11.7. The molecule has 0 saturated carbocycles. The molecule has 8 heteroatoms. The Hall–Kier alpha value is -3.39. The zero-order valence-corrected chi connectivity index (χ0v) is 17.7. The predicted molar refractivity (Wildman–Crippen MR) is 117 cm³/mol. The van der Waals surface area contributed by atoms with Crippen molar-refractivity contribution in [2.45, 2.75) is 13.3 Å². The lowest BCUT2D eigenvalue weighted by Gasteiger charge is -2.18. The van der Waals surface area contributed by atoms with Crippen LogP contribution >= 0.6 is 0 Å². The SMILES string of the molecule is CCS(=O)(=O)N1CCc2cc(C(=O)COC(=O)c3cc4ccccc4cc3O)ccc21. The summed E-state index contributed by atoms with van der Waals surface area (Å²) >= 11 is 0. The molecule has 0 fully saturated rings. The van der Waals surface area contributed by atoms with Crippen molar-refractivity contribution in [3.05, 3.63) is 71.3 Å². The number of aromatic hydroxyl groups is 1. The fourth-order valence-corrected chi connectivity index (χ4v) is 4.83. The molecular weight excluding hydrogens is 418 g/mol. The van der Waals surface area contributed by atoms with Gasteiger partial charge in [-0.1, -0.05) is 24.3 Å². The van der Waals surface area contributed by atoms with E-state index in [2.05, 4.69) is 0 Å². The third kappa shape index (κ3) is 3.98. The van der Waals surface area contributed by atoms with Crippen LogP contribution in [-0.4, -0.2) is 44.2 Å². The molecular formula is C23H21NO6S. The van der Waals surface area contributed by atoms with Crippen LogP contribution in [0.5, 0.6) is 5.75 Å².